The van der Waals surface area contributed by atoms with Crippen LogP contribution in [0.4, 0.5) is 4.39 Å². The van der Waals surface area contributed by atoms with Crippen molar-refractivity contribution >= 4 is 17.2 Å². The van der Waals surface area contributed by atoms with Crippen molar-refractivity contribution < 1.29 is 9.13 Å². The maximum absolute atomic E-state index is 13.7. The third-order valence-electron chi connectivity index (χ3n) is 3.85. The molecule has 2 rings (SSSR count). The van der Waals surface area contributed by atoms with E-state index in [2.05, 4.69) is 11.9 Å². The highest BCUT2D eigenvalue weighted by atomic mass is 32.1. The van der Waals surface area contributed by atoms with E-state index in [-0.39, 0.29) is 10.6 Å². The number of nitrogens with zero attached hydrogens (tertiary/aromatic N) is 1. The van der Waals surface area contributed by atoms with Crippen LogP contribution in [0.2, 0.25) is 0 Å². The number of hydrogen-bond donors (Lipinski definition) is 1. The van der Waals surface area contributed by atoms with Gasteiger partial charge in [0.1, 0.15) is 16.6 Å². The van der Waals surface area contributed by atoms with Gasteiger partial charge in [0.15, 0.2) is 0 Å². The van der Waals surface area contributed by atoms with E-state index in [4.69, 9.17) is 22.7 Å². The molecule has 1 unspecified atom stereocenters. The Morgan fingerprint density at radius 3 is 2.95 bits per heavy atom. The van der Waals surface area contributed by atoms with Gasteiger partial charge < -0.3 is 15.4 Å². The molecule has 0 saturated carbocycles. The molecular formula is C15H21FN2OS. The largest absolute Gasteiger partial charge is 0.493 e. The number of halogens is 1. The van der Waals surface area contributed by atoms with Gasteiger partial charge in [-0.15, -0.1) is 0 Å². The molecule has 0 aliphatic carbocycles. The van der Waals surface area contributed by atoms with Crippen LogP contribution in [0.15, 0.2) is 18.2 Å². The van der Waals surface area contributed by atoms with Gasteiger partial charge in [0.2, 0.25) is 0 Å². The van der Waals surface area contributed by atoms with Crippen molar-refractivity contribution in [1.29, 1.82) is 0 Å². The number of likely N-dealkylation sites (tertiary alicyclic amines) is 1. The molecule has 110 valence electrons. The van der Waals surface area contributed by atoms with E-state index >= 15 is 0 Å². The first-order chi connectivity index (χ1) is 9.58. The quantitative estimate of drug-likeness (QED) is 0.848. The van der Waals surface area contributed by atoms with Crippen LogP contribution in [0.25, 0.3) is 0 Å². The van der Waals surface area contributed by atoms with Crippen LogP contribution in [0.3, 0.4) is 0 Å². The maximum Gasteiger partial charge on any atom is 0.137 e. The van der Waals surface area contributed by atoms with Crippen molar-refractivity contribution in [2.75, 3.05) is 20.2 Å². The summed E-state index contributed by atoms with van der Waals surface area (Å²) in [5, 5.41) is 0. The second-order valence-electron chi connectivity index (χ2n) is 5.27. The Morgan fingerprint density at radius 1 is 1.50 bits per heavy atom. The van der Waals surface area contributed by atoms with Crippen LogP contribution in [-0.4, -0.2) is 36.1 Å². The molecule has 1 fully saturated rings. The average molecular weight is 296 g/mol. The van der Waals surface area contributed by atoms with Crippen LogP contribution in [0.5, 0.6) is 5.75 Å². The van der Waals surface area contributed by atoms with Crippen molar-refractivity contribution in [3.05, 3.63) is 29.6 Å². The van der Waals surface area contributed by atoms with Gasteiger partial charge in [-0.25, -0.2) is 4.39 Å². The van der Waals surface area contributed by atoms with Crippen LogP contribution in [0, 0.1) is 5.82 Å². The molecule has 2 N–H and O–H groups in total. The Hall–Kier alpha value is -1.20. The van der Waals surface area contributed by atoms with Gasteiger partial charge in [-0.2, -0.15) is 0 Å². The highest BCUT2D eigenvalue weighted by molar-refractivity contribution is 7.80. The van der Waals surface area contributed by atoms with Gasteiger partial charge in [0.25, 0.3) is 0 Å². The fourth-order valence-corrected chi connectivity index (χ4v) is 2.77. The minimum Gasteiger partial charge on any atom is -0.493 e. The first-order valence-electron chi connectivity index (χ1n) is 7.00. The Kier molecular flexibility index (Phi) is 5.31. The summed E-state index contributed by atoms with van der Waals surface area (Å²) in [6.07, 6.45) is 4.75. The Bertz CT molecular complexity index is 481. The number of thiocarbonyl (C=S) groups is 1. The SMILES string of the molecule is CN1CCCCC1CCOc1ccc(C(N)=S)c(F)c1. The zero-order chi connectivity index (χ0) is 14.5. The van der Waals surface area contributed by atoms with Crippen molar-refractivity contribution in [1.82, 2.24) is 4.90 Å². The summed E-state index contributed by atoms with van der Waals surface area (Å²) in [6, 6.07) is 5.20. The van der Waals surface area contributed by atoms with Gasteiger partial charge in [0.05, 0.1) is 6.61 Å². The molecule has 3 nitrogen and oxygen atoms in total. The van der Waals surface area contributed by atoms with E-state index in [1.165, 1.54) is 25.3 Å². The Labute approximate surface area is 124 Å². The summed E-state index contributed by atoms with van der Waals surface area (Å²) >= 11 is 4.77. The normalized spacial score (nSPS) is 19.8. The highest BCUT2D eigenvalue weighted by Crippen LogP contribution is 2.20. The first kappa shape index (κ1) is 15.2. The molecule has 20 heavy (non-hydrogen) atoms. The third-order valence-corrected chi connectivity index (χ3v) is 4.07. The summed E-state index contributed by atoms with van der Waals surface area (Å²) in [7, 11) is 2.15. The summed E-state index contributed by atoms with van der Waals surface area (Å²) in [4.78, 5) is 2.45. The smallest absolute Gasteiger partial charge is 0.137 e. The minimum absolute atomic E-state index is 0.0675. The lowest BCUT2D eigenvalue weighted by molar-refractivity contribution is 0.153. The third kappa shape index (κ3) is 3.90. The molecule has 5 heteroatoms. The van der Waals surface area contributed by atoms with Crippen molar-refractivity contribution in [2.45, 2.75) is 31.7 Å². The van der Waals surface area contributed by atoms with E-state index in [0.717, 1.165) is 13.0 Å². The molecule has 0 radical (unpaired) electrons. The van der Waals surface area contributed by atoms with Gasteiger partial charge in [0, 0.05) is 17.7 Å². The first-order valence-corrected chi connectivity index (χ1v) is 7.41. The monoisotopic (exact) mass is 296 g/mol. The maximum atomic E-state index is 13.7. The van der Waals surface area contributed by atoms with Crippen molar-refractivity contribution in [3.8, 4) is 5.75 Å². The lowest BCUT2D eigenvalue weighted by atomic mass is 10.0. The molecule has 1 aromatic carbocycles. The van der Waals surface area contributed by atoms with Crippen LogP contribution < -0.4 is 10.5 Å². The number of hydrogen-bond acceptors (Lipinski definition) is 3. The van der Waals surface area contributed by atoms with E-state index in [1.807, 2.05) is 0 Å². The molecule has 0 spiro atoms. The summed E-state index contributed by atoms with van der Waals surface area (Å²) in [6.45, 7) is 1.75. The van der Waals surface area contributed by atoms with Crippen LogP contribution in [0.1, 0.15) is 31.2 Å². The second-order valence-corrected chi connectivity index (χ2v) is 5.71. The fraction of sp³-hybridized carbons (Fsp3) is 0.533. The number of rotatable bonds is 5. The van der Waals surface area contributed by atoms with E-state index < -0.39 is 5.82 Å². The number of piperidine rings is 1. The van der Waals surface area contributed by atoms with Gasteiger partial charge >= 0.3 is 0 Å². The summed E-state index contributed by atoms with van der Waals surface area (Å²) < 4.78 is 19.3. The van der Waals surface area contributed by atoms with Gasteiger partial charge in [-0.05, 0) is 45.0 Å². The topological polar surface area (TPSA) is 38.5 Å². The summed E-state index contributed by atoms with van der Waals surface area (Å²) in [5.41, 5.74) is 5.69. The average Bonchev–Trinajstić information content (AvgIpc) is 2.40. The van der Waals surface area contributed by atoms with E-state index in [1.54, 1.807) is 12.1 Å². The fourth-order valence-electron chi connectivity index (χ4n) is 2.61. The van der Waals surface area contributed by atoms with Crippen molar-refractivity contribution in [2.24, 2.45) is 5.73 Å². The molecule has 1 aliphatic heterocycles. The van der Waals surface area contributed by atoms with Crippen LogP contribution >= 0.6 is 12.2 Å². The zero-order valence-corrected chi connectivity index (χ0v) is 12.6. The number of nitrogens with two attached hydrogens (primary N) is 1. The molecule has 1 aromatic rings. The zero-order valence-electron chi connectivity index (χ0n) is 11.8. The second kappa shape index (κ2) is 6.99. The number of ether oxygens (including phenoxy) is 1. The standard InChI is InChI=1S/C15H21FN2OS/c1-18-8-3-2-4-11(18)7-9-19-12-5-6-13(15(17)20)14(16)10-12/h5-6,10-11H,2-4,7-9H2,1H3,(H2,17,20). The molecule has 0 amide bonds. The molecule has 1 aliphatic rings. The van der Waals surface area contributed by atoms with E-state index in [0.29, 0.717) is 18.4 Å². The minimum atomic E-state index is -0.426. The Balaban J connectivity index is 1.85. The predicted octanol–water partition coefficient (Wildman–Crippen LogP) is 2.71. The number of benzene rings is 1. The molecule has 0 bridgehead atoms. The summed E-state index contributed by atoms with van der Waals surface area (Å²) in [5.74, 6) is 0.103. The predicted molar refractivity (Wildman–Crippen MR) is 82.7 cm³/mol. The van der Waals surface area contributed by atoms with Gasteiger partial charge in [-0.1, -0.05) is 18.6 Å². The van der Waals surface area contributed by atoms with Crippen molar-refractivity contribution in [3.63, 3.8) is 0 Å². The molecule has 1 saturated heterocycles. The Morgan fingerprint density at radius 2 is 2.30 bits per heavy atom. The lowest BCUT2D eigenvalue weighted by Gasteiger charge is -2.32. The lowest BCUT2D eigenvalue weighted by Crippen LogP contribution is -2.37. The van der Waals surface area contributed by atoms with E-state index in [9.17, 15) is 4.39 Å². The van der Waals surface area contributed by atoms with Crippen LogP contribution in [-0.2, 0) is 0 Å². The molecule has 0 aromatic heterocycles. The molecular weight excluding hydrogens is 275 g/mol. The molecule has 1 atom stereocenters. The molecule has 1 heterocycles. The highest BCUT2D eigenvalue weighted by Gasteiger charge is 2.18. The van der Waals surface area contributed by atoms with Gasteiger partial charge in [-0.3, -0.25) is 0 Å².